The molecule has 1 fully saturated rings. The van der Waals surface area contributed by atoms with Crippen LogP contribution in [-0.2, 0) is 9.84 Å². The summed E-state index contributed by atoms with van der Waals surface area (Å²) in [5, 5.41) is 3.34. The Kier molecular flexibility index (Phi) is 8.25. The molecule has 1 aliphatic carbocycles. The molecular weight excluding hydrogens is 282 g/mol. The van der Waals surface area contributed by atoms with Crippen LogP contribution in [0.3, 0.4) is 0 Å². The van der Waals surface area contributed by atoms with Gasteiger partial charge in [0.1, 0.15) is 0 Å². The Morgan fingerprint density at radius 2 is 1.86 bits per heavy atom. The van der Waals surface area contributed by atoms with E-state index in [2.05, 4.69) is 33.0 Å². The lowest BCUT2D eigenvalue weighted by Crippen LogP contribution is -2.49. The number of nitrogens with one attached hydrogen (secondary N) is 1. The van der Waals surface area contributed by atoms with Gasteiger partial charge in [0.2, 0.25) is 0 Å². The molecule has 0 amide bonds. The summed E-state index contributed by atoms with van der Waals surface area (Å²) in [4.78, 5) is 0. The highest BCUT2D eigenvalue weighted by Gasteiger charge is 2.38. The maximum absolute atomic E-state index is 12.8. The van der Waals surface area contributed by atoms with E-state index in [0.29, 0.717) is 17.6 Å². The van der Waals surface area contributed by atoms with Gasteiger partial charge in [-0.15, -0.1) is 0 Å². The molecule has 1 rings (SSSR count). The lowest BCUT2D eigenvalue weighted by atomic mass is 9.83. The fraction of sp³-hybridized carbons (Fsp3) is 1.00. The summed E-state index contributed by atoms with van der Waals surface area (Å²) < 4.78 is 25.5. The quantitative estimate of drug-likeness (QED) is 0.704. The predicted molar refractivity (Wildman–Crippen MR) is 91.4 cm³/mol. The van der Waals surface area contributed by atoms with E-state index in [1.54, 1.807) is 0 Å². The van der Waals surface area contributed by atoms with E-state index in [1.807, 2.05) is 0 Å². The molecule has 0 aromatic heterocycles. The van der Waals surface area contributed by atoms with Crippen LogP contribution in [0.4, 0.5) is 0 Å². The minimum absolute atomic E-state index is 0.159. The van der Waals surface area contributed by atoms with E-state index < -0.39 is 9.84 Å². The second-order valence-electron chi connectivity index (χ2n) is 7.12. The van der Waals surface area contributed by atoms with Crippen LogP contribution in [0.5, 0.6) is 0 Å². The van der Waals surface area contributed by atoms with Crippen molar-refractivity contribution in [2.75, 3.05) is 12.3 Å². The lowest BCUT2D eigenvalue weighted by molar-refractivity contribution is 0.280. The maximum Gasteiger partial charge on any atom is 0.154 e. The van der Waals surface area contributed by atoms with Crippen LogP contribution in [0.1, 0.15) is 72.6 Å². The van der Waals surface area contributed by atoms with Crippen molar-refractivity contribution in [3.05, 3.63) is 0 Å². The molecule has 1 aliphatic rings. The van der Waals surface area contributed by atoms with Gasteiger partial charge in [0.15, 0.2) is 9.84 Å². The molecule has 0 saturated heterocycles. The zero-order valence-corrected chi connectivity index (χ0v) is 15.2. The molecular formula is C17H35NO2S. The number of rotatable bonds is 9. The van der Waals surface area contributed by atoms with Crippen molar-refractivity contribution in [3.63, 3.8) is 0 Å². The third-order valence-corrected chi connectivity index (χ3v) is 6.94. The lowest BCUT2D eigenvalue weighted by Gasteiger charge is -2.36. The summed E-state index contributed by atoms with van der Waals surface area (Å²) in [5.41, 5.74) is 0. The van der Waals surface area contributed by atoms with Gasteiger partial charge < -0.3 is 5.32 Å². The average Bonchev–Trinajstić information content (AvgIpc) is 2.44. The molecule has 4 heteroatoms. The molecule has 0 heterocycles. The molecule has 0 aliphatic heterocycles. The van der Waals surface area contributed by atoms with Gasteiger partial charge in [-0.25, -0.2) is 8.42 Å². The topological polar surface area (TPSA) is 46.2 Å². The van der Waals surface area contributed by atoms with E-state index in [9.17, 15) is 8.42 Å². The summed E-state index contributed by atoms with van der Waals surface area (Å²) in [7, 11) is -2.97. The van der Waals surface area contributed by atoms with E-state index in [4.69, 9.17) is 0 Å². The molecule has 0 radical (unpaired) electrons. The van der Waals surface area contributed by atoms with Gasteiger partial charge in [0.25, 0.3) is 0 Å². The molecule has 126 valence electrons. The van der Waals surface area contributed by atoms with E-state index in [1.165, 1.54) is 12.8 Å². The minimum atomic E-state index is -2.97. The molecule has 21 heavy (non-hydrogen) atoms. The van der Waals surface area contributed by atoms with Crippen LogP contribution in [0, 0.1) is 11.8 Å². The number of hydrogen-bond donors (Lipinski definition) is 1. The molecule has 0 aromatic carbocycles. The first-order valence-corrected chi connectivity index (χ1v) is 10.6. The molecule has 3 nitrogen and oxygen atoms in total. The summed E-state index contributed by atoms with van der Waals surface area (Å²) in [6.07, 6.45) is 7.27. The Bertz CT molecular complexity index is 378. The SMILES string of the molecule is CCCNC1CCC(CCC)CC1S(=O)(=O)CCC(C)C. The van der Waals surface area contributed by atoms with Crippen LogP contribution < -0.4 is 5.32 Å². The van der Waals surface area contributed by atoms with Gasteiger partial charge in [-0.2, -0.15) is 0 Å². The highest BCUT2D eigenvalue weighted by atomic mass is 32.2. The second-order valence-corrected chi connectivity index (χ2v) is 9.46. The van der Waals surface area contributed by atoms with E-state index in [0.717, 1.165) is 38.6 Å². The number of sulfone groups is 1. The van der Waals surface area contributed by atoms with Crippen LogP contribution in [0.15, 0.2) is 0 Å². The first kappa shape index (κ1) is 19.0. The molecule has 3 atom stereocenters. The zero-order valence-electron chi connectivity index (χ0n) is 14.4. The van der Waals surface area contributed by atoms with Crippen molar-refractivity contribution in [1.29, 1.82) is 0 Å². The van der Waals surface area contributed by atoms with Gasteiger partial charge in [-0.3, -0.25) is 0 Å². The molecule has 0 bridgehead atoms. The molecule has 1 saturated carbocycles. The van der Waals surface area contributed by atoms with Crippen LogP contribution in [-0.4, -0.2) is 32.0 Å². The Morgan fingerprint density at radius 3 is 2.43 bits per heavy atom. The highest BCUT2D eigenvalue weighted by molar-refractivity contribution is 7.92. The van der Waals surface area contributed by atoms with Crippen molar-refractivity contribution in [2.24, 2.45) is 11.8 Å². The Hall–Kier alpha value is -0.0900. The van der Waals surface area contributed by atoms with Gasteiger partial charge in [-0.05, 0) is 50.5 Å². The third kappa shape index (κ3) is 6.27. The van der Waals surface area contributed by atoms with Crippen LogP contribution in [0.25, 0.3) is 0 Å². The van der Waals surface area contributed by atoms with Crippen molar-refractivity contribution >= 4 is 9.84 Å². The number of hydrogen-bond acceptors (Lipinski definition) is 3. The summed E-state index contributed by atoms with van der Waals surface area (Å²) in [6.45, 7) is 9.47. The van der Waals surface area contributed by atoms with Crippen LogP contribution in [0.2, 0.25) is 0 Å². The van der Waals surface area contributed by atoms with Crippen LogP contribution >= 0.6 is 0 Å². The van der Waals surface area contributed by atoms with Crippen molar-refractivity contribution in [2.45, 2.75) is 83.9 Å². The Balaban J connectivity index is 2.76. The molecule has 3 unspecified atom stereocenters. The Morgan fingerprint density at radius 1 is 1.14 bits per heavy atom. The standard InChI is InChI=1S/C17H35NO2S/c1-5-7-15-8-9-16(18-11-6-2)17(13-15)21(19,20)12-10-14(3)4/h14-18H,5-13H2,1-4H3. The van der Waals surface area contributed by atoms with Gasteiger partial charge in [-0.1, -0.05) is 40.5 Å². The monoisotopic (exact) mass is 317 g/mol. The van der Waals surface area contributed by atoms with Gasteiger partial charge in [0.05, 0.1) is 11.0 Å². The van der Waals surface area contributed by atoms with Gasteiger partial charge >= 0.3 is 0 Å². The normalized spacial score (nSPS) is 27.2. The summed E-state index contributed by atoms with van der Waals surface area (Å²) in [6, 6.07) is 0.176. The first-order valence-electron chi connectivity index (χ1n) is 8.85. The minimum Gasteiger partial charge on any atom is -0.313 e. The second kappa shape index (κ2) is 9.14. The van der Waals surface area contributed by atoms with Crippen molar-refractivity contribution in [3.8, 4) is 0 Å². The summed E-state index contributed by atoms with van der Waals surface area (Å²) in [5.74, 6) is 1.42. The summed E-state index contributed by atoms with van der Waals surface area (Å²) >= 11 is 0. The van der Waals surface area contributed by atoms with Crippen molar-refractivity contribution in [1.82, 2.24) is 5.32 Å². The molecule has 0 spiro atoms. The van der Waals surface area contributed by atoms with Crippen molar-refractivity contribution < 1.29 is 8.42 Å². The molecule has 0 aromatic rings. The largest absolute Gasteiger partial charge is 0.313 e. The smallest absolute Gasteiger partial charge is 0.154 e. The highest BCUT2D eigenvalue weighted by Crippen LogP contribution is 2.32. The fourth-order valence-corrected chi connectivity index (χ4v) is 5.79. The van der Waals surface area contributed by atoms with E-state index in [-0.39, 0.29) is 11.3 Å². The molecule has 1 N–H and O–H groups in total. The predicted octanol–water partition coefficient (Wildman–Crippen LogP) is 3.78. The first-order chi connectivity index (χ1) is 9.90. The van der Waals surface area contributed by atoms with E-state index >= 15 is 0 Å². The average molecular weight is 318 g/mol. The maximum atomic E-state index is 12.8. The third-order valence-electron chi connectivity index (χ3n) is 4.69. The Labute approximate surface area is 132 Å². The zero-order chi connectivity index (χ0) is 15.9. The fourth-order valence-electron chi connectivity index (χ4n) is 3.39. The van der Waals surface area contributed by atoms with Gasteiger partial charge in [0, 0.05) is 6.04 Å².